The van der Waals surface area contributed by atoms with Crippen LogP contribution in [0.25, 0.3) is 0 Å². The summed E-state index contributed by atoms with van der Waals surface area (Å²) in [5.41, 5.74) is 0. The van der Waals surface area contributed by atoms with E-state index in [0.29, 0.717) is 24.4 Å². The molecule has 0 aromatic rings. The number of unbranched alkanes of at least 4 members (excludes halogenated alkanes) is 1. The van der Waals surface area contributed by atoms with Gasteiger partial charge < -0.3 is 15.0 Å². The van der Waals surface area contributed by atoms with E-state index in [1.54, 1.807) is 0 Å². The lowest BCUT2D eigenvalue weighted by Crippen LogP contribution is -2.64. The predicted octanol–water partition coefficient (Wildman–Crippen LogP) is 0.595. The van der Waals surface area contributed by atoms with Gasteiger partial charge in [-0.25, -0.2) is 0 Å². The minimum atomic E-state index is 0.271. The van der Waals surface area contributed by atoms with E-state index in [1.165, 1.54) is 0 Å². The molecular formula is C11H19ClN2O2. The molecule has 2 fully saturated rings. The summed E-state index contributed by atoms with van der Waals surface area (Å²) >= 11 is 5.57. The van der Waals surface area contributed by atoms with Crippen molar-refractivity contribution in [3.8, 4) is 0 Å². The summed E-state index contributed by atoms with van der Waals surface area (Å²) in [6.07, 6.45) is 2.49. The molecule has 0 saturated carbocycles. The number of hydrogen-bond donors (Lipinski definition) is 1. The summed E-state index contributed by atoms with van der Waals surface area (Å²) in [6, 6.07) is 0.990. The lowest BCUT2D eigenvalue weighted by atomic mass is 10.1. The number of amides is 1. The molecule has 2 aliphatic rings. The van der Waals surface area contributed by atoms with Gasteiger partial charge in [-0.3, -0.25) is 4.79 Å². The number of nitrogens with zero attached hydrogens (tertiary/aromatic N) is 1. The van der Waals surface area contributed by atoms with Gasteiger partial charge in [-0.1, -0.05) is 0 Å². The van der Waals surface area contributed by atoms with Crippen molar-refractivity contribution in [2.75, 3.05) is 32.2 Å². The van der Waals surface area contributed by atoms with Gasteiger partial charge in [-0.15, -0.1) is 11.6 Å². The maximum absolute atomic E-state index is 11.6. The molecule has 2 aliphatic heterocycles. The van der Waals surface area contributed by atoms with Crippen LogP contribution in [0.4, 0.5) is 0 Å². The van der Waals surface area contributed by atoms with Crippen LogP contribution in [0, 0.1) is 0 Å². The van der Waals surface area contributed by atoms with Crippen molar-refractivity contribution in [2.45, 2.75) is 31.3 Å². The number of rotatable bonds is 6. The average Bonchev–Trinajstić information content (AvgIpc) is 2.13. The number of ether oxygens (including phenoxy) is 1. The van der Waals surface area contributed by atoms with E-state index in [9.17, 15) is 4.79 Å². The zero-order valence-electron chi connectivity index (χ0n) is 9.45. The number of carbonyl (C=O) groups is 1. The Morgan fingerprint density at radius 3 is 2.62 bits per heavy atom. The summed E-state index contributed by atoms with van der Waals surface area (Å²) < 4.78 is 5.09. The number of alkyl halides is 1. The summed E-state index contributed by atoms with van der Waals surface area (Å²) in [7, 11) is 0. The molecule has 0 bridgehead atoms. The molecule has 2 saturated heterocycles. The first kappa shape index (κ1) is 12.1. The van der Waals surface area contributed by atoms with Crippen molar-refractivity contribution >= 4 is 17.5 Å². The normalized spacial score (nSPS) is 21.7. The molecule has 0 radical (unpaired) electrons. The van der Waals surface area contributed by atoms with Crippen LogP contribution in [0.3, 0.4) is 0 Å². The van der Waals surface area contributed by atoms with Crippen molar-refractivity contribution < 1.29 is 9.53 Å². The van der Waals surface area contributed by atoms with Crippen LogP contribution in [-0.4, -0.2) is 55.1 Å². The van der Waals surface area contributed by atoms with Crippen molar-refractivity contribution in [2.24, 2.45) is 0 Å². The van der Waals surface area contributed by atoms with Gasteiger partial charge in [0.15, 0.2) is 0 Å². The van der Waals surface area contributed by atoms with Crippen molar-refractivity contribution in [1.82, 2.24) is 10.2 Å². The van der Waals surface area contributed by atoms with Crippen molar-refractivity contribution in [3.63, 3.8) is 0 Å². The number of likely N-dealkylation sites (tertiary alicyclic amines) is 1. The Balaban J connectivity index is 1.54. The van der Waals surface area contributed by atoms with Gasteiger partial charge in [0.25, 0.3) is 0 Å². The molecule has 2 heterocycles. The molecule has 1 amide bonds. The predicted molar refractivity (Wildman–Crippen MR) is 62.7 cm³/mol. The average molecular weight is 247 g/mol. The van der Waals surface area contributed by atoms with E-state index in [-0.39, 0.29) is 5.91 Å². The zero-order chi connectivity index (χ0) is 11.4. The number of carbonyl (C=O) groups excluding carboxylic acids is 1. The summed E-state index contributed by atoms with van der Waals surface area (Å²) in [6.45, 7) is 3.35. The molecule has 4 nitrogen and oxygen atoms in total. The fraction of sp³-hybridized carbons (Fsp3) is 0.909. The van der Waals surface area contributed by atoms with Gasteiger partial charge in [0.1, 0.15) is 0 Å². The number of nitrogens with one attached hydrogen (secondary N) is 1. The Bertz CT molecular complexity index is 240. The lowest BCUT2D eigenvalue weighted by Gasteiger charge is -2.43. The molecule has 16 heavy (non-hydrogen) atoms. The highest BCUT2D eigenvalue weighted by molar-refractivity contribution is 6.17. The highest BCUT2D eigenvalue weighted by Crippen LogP contribution is 2.13. The van der Waals surface area contributed by atoms with Gasteiger partial charge in [-0.05, 0) is 12.8 Å². The smallest absolute Gasteiger partial charge is 0.222 e. The standard InChI is InChI=1S/C11H19ClN2O2/c12-4-2-1-3-11(15)14-5-9(6-14)13-10-7-16-8-10/h9-10,13H,1-8H2. The SMILES string of the molecule is O=C(CCCCCl)N1CC(NC2COC2)C1. The maximum atomic E-state index is 11.6. The van der Waals surface area contributed by atoms with Crippen LogP contribution in [-0.2, 0) is 9.53 Å². The molecule has 0 aromatic heterocycles. The first-order valence-corrected chi connectivity index (χ1v) is 6.50. The molecule has 1 N–H and O–H groups in total. The molecule has 2 rings (SSSR count). The first-order chi connectivity index (χ1) is 7.79. The molecule has 92 valence electrons. The fourth-order valence-corrected chi connectivity index (χ4v) is 2.17. The Hall–Kier alpha value is -0.320. The zero-order valence-corrected chi connectivity index (χ0v) is 10.2. The van der Waals surface area contributed by atoms with E-state index in [0.717, 1.165) is 39.1 Å². The molecule has 5 heteroatoms. The van der Waals surface area contributed by atoms with Crippen molar-refractivity contribution in [1.29, 1.82) is 0 Å². The monoisotopic (exact) mass is 246 g/mol. The lowest BCUT2D eigenvalue weighted by molar-refractivity contribution is -0.136. The van der Waals surface area contributed by atoms with E-state index >= 15 is 0 Å². The Kier molecular flexibility index (Phi) is 4.44. The quantitative estimate of drug-likeness (QED) is 0.551. The highest BCUT2D eigenvalue weighted by Gasteiger charge is 2.32. The minimum absolute atomic E-state index is 0.271. The highest BCUT2D eigenvalue weighted by atomic mass is 35.5. The first-order valence-electron chi connectivity index (χ1n) is 5.97. The Labute approximate surface area is 101 Å². The third-order valence-corrected chi connectivity index (χ3v) is 3.39. The second-order valence-corrected chi connectivity index (χ2v) is 4.92. The van der Waals surface area contributed by atoms with E-state index in [4.69, 9.17) is 16.3 Å². The van der Waals surface area contributed by atoms with Crippen LogP contribution >= 0.6 is 11.6 Å². The molecule has 0 unspecified atom stereocenters. The van der Waals surface area contributed by atoms with Crippen LogP contribution < -0.4 is 5.32 Å². The van der Waals surface area contributed by atoms with Crippen LogP contribution in [0.15, 0.2) is 0 Å². The number of hydrogen-bond acceptors (Lipinski definition) is 3. The minimum Gasteiger partial charge on any atom is -0.378 e. The largest absolute Gasteiger partial charge is 0.378 e. The summed E-state index contributed by atoms with van der Waals surface area (Å²) in [4.78, 5) is 13.6. The molecule has 0 aliphatic carbocycles. The molecule has 0 atom stereocenters. The second-order valence-electron chi connectivity index (χ2n) is 4.54. The third-order valence-electron chi connectivity index (χ3n) is 3.12. The molecular weight excluding hydrogens is 228 g/mol. The van der Waals surface area contributed by atoms with Gasteiger partial charge in [0.05, 0.1) is 19.3 Å². The van der Waals surface area contributed by atoms with E-state index in [2.05, 4.69) is 5.32 Å². The van der Waals surface area contributed by atoms with E-state index < -0.39 is 0 Å². The van der Waals surface area contributed by atoms with E-state index in [1.807, 2.05) is 4.90 Å². The molecule has 0 spiro atoms. The van der Waals surface area contributed by atoms with Gasteiger partial charge in [0, 0.05) is 31.4 Å². The van der Waals surface area contributed by atoms with Gasteiger partial charge >= 0.3 is 0 Å². The fourth-order valence-electron chi connectivity index (χ4n) is 1.98. The van der Waals surface area contributed by atoms with Gasteiger partial charge in [-0.2, -0.15) is 0 Å². The van der Waals surface area contributed by atoms with Crippen LogP contribution in [0.2, 0.25) is 0 Å². The summed E-state index contributed by atoms with van der Waals surface area (Å²) in [5.74, 6) is 0.923. The second kappa shape index (κ2) is 5.84. The summed E-state index contributed by atoms with van der Waals surface area (Å²) in [5, 5.41) is 3.46. The van der Waals surface area contributed by atoms with Gasteiger partial charge in [0.2, 0.25) is 5.91 Å². The molecule has 0 aromatic carbocycles. The third kappa shape index (κ3) is 3.09. The van der Waals surface area contributed by atoms with Crippen LogP contribution in [0.1, 0.15) is 19.3 Å². The Morgan fingerprint density at radius 2 is 2.06 bits per heavy atom. The van der Waals surface area contributed by atoms with Crippen molar-refractivity contribution in [3.05, 3.63) is 0 Å². The maximum Gasteiger partial charge on any atom is 0.222 e. The number of halogens is 1. The Morgan fingerprint density at radius 1 is 1.31 bits per heavy atom. The topological polar surface area (TPSA) is 41.6 Å². The van der Waals surface area contributed by atoms with Crippen LogP contribution in [0.5, 0.6) is 0 Å².